The highest BCUT2D eigenvalue weighted by molar-refractivity contribution is 5.87. The zero-order valence-electron chi connectivity index (χ0n) is 18.7. The molecular formula is C26H28N2O6. The first-order valence-electron chi connectivity index (χ1n) is 11.8. The average Bonchev–Trinajstić information content (AvgIpc) is 3.53. The molecule has 2 aromatic rings. The number of nitrogens with one attached hydrogen (secondary N) is 1. The van der Waals surface area contributed by atoms with Crippen LogP contribution in [0.15, 0.2) is 48.5 Å². The Balaban J connectivity index is 1.23. The number of aliphatic hydroxyl groups is 1. The second kappa shape index (κ2) is 9.10. The molecule has 1 saturated heterocycles. The number of aliphatic carboxylic acids is 1. The number of benzene rings is 2. The summed E-state index contributed by atoms with van der Waals surface area (Å²) < 4.78 is 5.62. The van der Waals surface area contributed by atoms with Crippen molar-refractivity contribution in [3.8, 4) is 11.1 Å². The summed E-state index contributed by atoms with van der Waals surface area (Å²) >= 11 is 0. The molecule has 8 heteroatoms. The van der Waals surface area contributed by atoms with Gasteiger partial charge in [0, 0.05) is 24.9 Å². The van der Waals surface area contributed by atoms with Crippen molar-refractivity contribution >= 4 is 18.0 Å². The third-order valence-corrected chi connectivity index (χ3v) is 7.33. The van der Waals surface area contributed by atoms with Gasteiger partial charge in [0.1, 0.15) is 12.6 Å². The zero-order valence-corrected chi connectivity index (χ0v) is 18.7. The van der Waals surface area contributed by atoms with Crippen LogP contribution in [0.3, 0.4) is 0 Å². The molecule has 178 valence electrons. The fourth-order valence-corrected chi connectivity index (χ4v) is 5.72. The molecule has 5 rings (SSSR count). The number of amides is 2. The van der Waals surface area contributed by atoms with Gasteiger partial charge < -0.3 is 25.2 Å². The van der Waals surface area contributed by atoms with E-state index in [0.717, 1.165) is 28.7 Å². The van der Waals surface area contributed by atoms with Gasteiger partial charge in [-0.05, 0) is 35.1 Å². The Hall–Kier alpha value is -3.39. The smallest absolute Gasteiger partial charge is 0.407 e. The number of β-amino-alcohol motifs (C(OH)–C–C–N with tert-alkyl or cyclic N) is 1. The number of carbonyl (C=O) groups excluding carboxylic acids is 2. The third-order valence-electron chi connectivity index (χ3n) is 7.33. The average molecular weight is 465 g/mol. The van der Waals surface area contributed by atoms with Crippen molar-refractivity contribution in [3.63, 3.8) is 0 Å². The normalized spacial score (nSPS) is 25.6. The highest BCUT2D eigenvalue weighted by atomic mass is 16.5. The first-order chi connectivity index (χ1) is 16.4. The Labute approximate surface area is 197 Å². The Bertz CT molecular complexity index is 1070. The van der Waals surface area contributed by atoms with Gasteiger partial charge in [-0.25, -0.2) is 9.59 Å². The largest absolute Gasteiger partial charge is 0.480 e. The van der Waals surface area contributed by atoms with Gasteiger partial charge >= 0.3 is 12.1 Å². The lowest BCUT2D eigenvalue weighted by Crippen LogP contribution is -2.49. The maximum Gasteiger partial charge on any atom is 0.407 e. The molecule has 4 atom stereocenters. The van der Waals surface area contributed by atoms with E-state index < -0.39 is 36.2 Å². The van der Waals surface area contributed by atoms with Gasteiger partial charge in [-0.2, -0.15) is 0 Å². The predicted octanol–water partition coefficient (Wildman–Crippen LogP) is 2.74. The fraction of sp³-hybridized carbons (Fsp3) is 0.423. The Morgan fingerprint density at radius 3 is 2.29 bits per heavy atom. The maximum atomic E-state index is 13.1. The second-order valence-electron chi connectivity index (χ2n) is 9.35. The van der Waals surface area contributed by atoms with Crippen LogP contribution < -0.4 is 5.32 Å². The molecule has 0 spiro atoms. The van der Waals surface area contributed by atoms with Gasteiger partial charge in [-0.1, -0.05) is 55.0 Å². The second-order valence-corrected chi connectivity index (χ2v) is 9.35. The third kappa shape index (κ3) is 4.03. The molecule has 2 amide bonds. The van der Waals surface area contributed by atoms with Crippen molar-refractivity contribution in [2.45, 2.75) is 49.8 Å². The van der Waals surface area contributed by atoms with E-state index in [-0.39, 0.29) is 31.4 Å². The lowest BCUT2D eigenvalue weighted by molar-refractivity contribution is -0.150. The van der Waals surface area contributed by atoms with Gasteiger partial charge in [-0.15, -0.1) is 0 Å². The van der Waals surface area contributed by atoms with Crippen LogP contribution in [-0.2, 0) is 14.3 Å². The van der Waals surface area contributed by atoms with Crippen LogP contribution in [-0.4, -0.2) is 64.4 Å². The number of ether oxygens (including phenoxy) is 1. The summed E-state index contributed by atoms with van der Waals surface area (Å²) in [5.41, 5.74) is 4.54. The molecule has 3 N–H and O–H groups in total. The maximum absolute atomic E-state index is 13.1. The molecular weight excluding hydrogens is 436 g/mol. The monoisotopic (exact) mass is 464 g/mol. The van der Waals surface area contributed by atoms with Crippen LogP contribution in [0.4, 0.5) is 4.79 Å². The highest BCUT2D eigenvalue weighted by Crippen LogP contribution is 2.44. The molecule has 3 aliphatic rings. The van der Waals surface area contributed by atoms with E-state index in [0.29, 0.717) is 12.8 Å². The van der Waals surface area contributed by atoms with E-state index in [1.807, 2.05) is 24.3 Å². The molecule has 0 bridgehead atoms. The molecule has 1 heterocycles. The number of likely N-dealkylation sites (tertiary alicyclic amines) is 1. The number of fused-ring (bicyclic) bond motifs is 3. The number of carboxylic acids is 1. The van der Waals surface area contributed by atoms with E-state index in [1.54, 1.807) is 0 Å². The van der Waals surface area contributed by atoms with Crippen molar-refractivity contribution in [3.05, 3.63) is 59.7 Å². The lowest BCUT2D eigenvalue weighted by Gasteiger charge is -2.28. The number of rotatable bonds is 5. The Morgan fingerprint density at radius 2 is 1.65 bits per heavy atom. The zero-order chi connectivity index (χ0) is 23.8. The quantitative estimate of drug-likeness (QED) is 0.627. The summed E-state index contributed by atoms with van der Waals surface area (Å²) in [5, 5.41) is 22.2. The van der Waals surface area contributed by atoms with Gasteiger partial charge in [-0.3, -0.25) is 4.79 Å². The Morgan fingerprint density at radius 1 is 1.00 bits per heavy atom. The van der Waals surface area contributed by atoms with Crippen molar-refractivity contribution in [1.29, 1.82) is 0 Å². The topological polar surface area (TPSA) is 116 Å². The van der Waals surface area contributed by atoms with Crippen molar-refractivity contribution < 1.29 is 29.3 Å². The minimum Gasteiger partial charge on any atom is -0.480 e. The van der Waals surface area contributed by atoms with E-state index in [1.165, 1.54) is 4.90 Å². The summed E-state index contributed by atoms with van der Waals surface area (Å²) in [6, 6.07) is 14.7. The van der Waals surface area contributed by atoms with E-state index in [9.17, 15) is 24.6 Å². The number of alkyl carbamates (subject to hydrolysis) is 1. The molecule has 0 radical (unpaired) electrons. The molecule has 2 aliphatic carbocycles. The summed E-state index contributed by atoms with van der Waals surface area (Å²) in [5.74, 6) is -2.02. The number of hydrogen-bond acceptors (Lipinski definition) is 5. The van der Waals surface area contributed by atoms with Crippen molar-refractivity contribution in [1.82, 2.24) is 10.2 Å². The predicted molar refractivity (Wildman–Crippen MR) is 123 cm³/mol. The number of carbonyl (C=O) groups is 3. The SMILES string of the molecule is O=C(N[C@@H]1CCC[C@@H]1C(=O)N1C[C@H](O)C[C@H]1C(=O)O)OCC1c2ccccc2-c2ccccc21. The Kier molecular flexibility index (Phi) is 6.00. The van der Waals surface area contributed by atoms with E-state index in [4.69, 9.17) is 4.74 Å². The van der Waals surface area contributed by atoms with Crippen LogP contribution in [0.2, 0.25) is 0 Å². The minimum atomic E-state index is -1.12. The van der Waals surface area contributed by atoms with Crippen molar-refractivity contribution in [2.24, 2.45) is 5.92 Å². The van der Waals surface area contributed by atoms with E-state index >= 15 is 0 Å². The van der Waals surface area contributed by atoms with Crippen molar-refractivity contribution in [2.75, 3.05) is 13.2 Å². The van der Waals surface area contributed by atoms with Crippen LogP contribution in [0.1, 0.15) is 42.7 Å². The summed E-state index contributed by atoms with van der Waals surface area (Å²) in [6.07, 6.45) is 0.528. The molecule has 1 aliphatic heterocycles. The first kappa shape index (κ1) is 22.4. The minimum absolute atomic E-state index is 0.00393. The van der Waals surface area contributed by atoms with Gasteiger partial charge in [0.25, 0.3) is 0 Å². The molecule has 1 saturated carbocycles. The van der Waals surface area contributed by atoms with Gasteiger partial charge in [0.2, 0.25) is 5.91 Å². The summed E-state index contributed by atoms with van der Waals surface area (Å²) in [7, 11) is 0. The number of aliphatic hydroxyl groups excluding tert-OH is 1. The standard InChI is InChI=1S/C26H28N2O6/c29-15-12-23(25(31)32)28(13-15)24(30)20-10-5-11-22(20)27-26(33)34-14-21-18-8-3-1-6-16(18)17-7-2-4-9-19(17)21/h1-4,6-9,15,20-23,29H,5,10-14H2,(H,27,33)(H,31,32)/t15-,20+,22-,23+/m1/s1. The molecule has 8 nitrogen and oxygen atoms in total. The van der Waals surface area contributed by atoms with Crippen LogP contribution in [0, 0.1) is 5.92 Å². The lowest BCUT2D eigenvalue weighted by atomic mass is 9.98. The summed E-state index contributed by atoms with van der Waals surface area (Å²) in [4.78, 5) is 38.6. The fourth-order valence-electron chi connectivity index (χ4n) is 5.72. The molecule has 34 heavy (non-hydrogen) atoms. The van der Waals surface area contributed by atoms with Gasteiger partial charge in [0.15, 0.2) is 0 Å². The van der Waals surface area contributed by atoms with E-state index in [2.05, 4.69) is 29.6 Å². The molecule has 2 fully saturated rings. The number of carboxylic acid groups (broad SMARTS) is 1. The van der Waals surface area contributed by atoms with Crippen LogP contribution >= 0.6 is 0 Å². The molecule has 2 aromatic carbocycles. The molecule has 0 aromatic heterocycles. The highest BCUT2D eigenvalue weighted by Gasteiger charge is 2.44. The molecule has 0 unspecified atom stereocenters. The van der Waals surface area contributed by atoms with Crippen LogP contribution in [0.25, 0.3) is 11.1 Å². The number of hydrogen-bond donors (Lipinski definition) is 3. The van der Waals surface area contributed by atoms with Gasteiger partial charge in [0.05, 0.1) is 12.0 Å². The number of nitrogens with zero attached hydrogens (tertiary/aromatic N) is 1. The summed E-state index contributed by atoms with van der Waals surface area (Å²) in [6.45, 7) is 0.189. The van der Waals surface area contributed by atoms with Crippen LogP contribution in [0.5, 0.6) is 0 Å². The first-order valence-corrected chi connectivity index (χ1v) is 11.8.